The lowest BCUT2D eigenvalue weighted by Crippen LogP contribution is -2.70. The van der Waals surface area contributed by atoms with Gasteiger partial charge in [0.2, 0.25) is 13.4 Å². The van der Waals surface area contributed by atoms with Crippen molar-refractivity contribution in [1.29, 1.82) is 0 Å². The van der Waals surface area contributed by atoms with Crippen molar-refractivity contribution < 1.29 is 0 Å². The lowest BCUT2D eigenvalue weighted by atomic mass is 9.26. The predicted octanol–water partition coefficient (Wildman–Crippen LogP) is 11.5. The van der Waals surface area contributed by atoms with Crippen LogP contribution in [0.2, 0.25) is 0 Å². The minimum Gasteiger partial charge on any atom is -0.311 e. The van der Waals surface area contributed by atoms with E-state index in [1.54, 1.807) is 0 Å². The molecular weight excluding hydrogens is 927 g/mol. The fourth-order valence-corrected chi connectivity index (χ4v) is 14.5. The zero-order valence-corrected chi connectivity index (χ0v) is 49.1. The second-order valence-electron chi connectivity index (χ2n) is 30.1. The van der Waals surface area contributed by atoms with E-state index < -0.39 is 0 Å². The van der Waals surface area contributed by atoms with Crippen molar-refractivity contribution in [2.75, 3.05) is 0 Å². The molecule has 0 saturated carbocycles. The van der Waals surface area contributed by atoms with Crippen molar-refractivity contribution in [1.82, 2.24) is 14.1 Å². The van der Waals surface area contributed by atoms with Gasteiger partial charge in [0.25, 0.3) is 6.71 Å². The van der Waals surface area contributed by atoms with Crippen LogP contribution in [0.3, 0.4) is 0 Å². The summed E-state index contributed by atoms with van der Waals surface area (Å²) >= 11 is 0. The molecule has 77 heavy (non-hydrogen) atoms. The largest absolute Gasteiger partial charge is 0.311 e. The van der Waals surface area contributed by atoms with E-state index in [1.165, 1.54) is 149 Å². The molecule has 0 bridgehead atoms. The number of aromatic nitrogens is 3. The Balaban J connectivity index is 1.30. The lowest BCUT2D eigenvalue weighted by Gasteiger charge is -2.44. The molecule has 3 aromatic heterocycles. The van der Waals surface area contributed by atoms with Crippen LogP contribution in [0.4, 0.5) is 0 Å². The third-order valence-electron chi connectivity index (χ3n) is 18.8. The zero-order chi connectivity index (χ0) is 54.3. The predicted molar refractivity (Wildman–Crippen MR) is 337 cm³/mol. The first-order valence-corrected chi connectivity index (χ1v) is 28.7. The fraction of sp³-hybridized carbons (Fsp3) is 0.338. The van der Waals surface area contributed by atoms with E-state index in [0.29, 0.717) is 0 Å². The summed E-state index contributed by atoms with van der Waals surface area (Å²) in [6.07, 6.45) is 4.14. The highest BCUT2D eigenvalue weighted by molar-refractivity contribution is 7.07. The van der Waals surface area contributed by atoms with Gasteiger partial charge in [-0.15, -0.1) is 0 Å². The lowest BCUT2D eigenvalue weighted by molar-refractivity contribution is 0.590. The van der Waals surface area contributed by atoms with Crippen LogP contribution < -0.4 is 49.2 Å². The summed E-state index contributed by atoms with van der Waals surface area (Å²) < 4.78 is 5.63. The molecule has 10 aromatic rings. The summed E-state index contributed by atoms with van der Waals surface area (Å²) in [6.45, 7) is 42.8. The van der Waals surface area contributed by atoms with E-state index in [9.17, 15) is 0 Å². The molecule has 0 amide bonds. The van der Waals surface area contributed by atoms with Gasteiger partial charge in [-0.3, -0.25) is 4.98 Å². The van der Waals surface area contributed by atoms with Crippen molar-refractivity contribution in [2.45, 2.75) is 157 Å². The maximum atomic E-state index is 5.06. The molecule has 0 saturated heterocycles. The Morgan fingerprint density at radius 2 is 0.649 bits per heavy atom. The van der Waals surface area contributed by atoms with Crippen LogP contribution in [0, 0.1) is 0 Å². The minimum absolute atomic E-state index is 0.00989. The number of nitrogens with zero attached hydrogens (tertiary/aromatic N) is 3. The van der Waals surface area contributed by atoms with Crippen LogP contribution in [-0.2, 0) is 32.5 Å². The molecule has 6 heteroatoms. The first kappa shape index (κ1) is 48.8. The van der Waals surface area contributed by atoms with E-state index in [-0.39, 0.29) is 52.6 Å². The first-order chi connectivity index (χ1) is 36.0. The van der Waals surface area contributed by atoms with Crippen LogP contribution in [0.25, 0.3) is 66.1 Å². The highest BCUT2D eigenvalue weighted by Gasteiger charge is 2.52. The Morgan fingerprint density at radius 3 is 0.935 bits per heavy atom. The van der Waals surface area contributed by atoms with Crippen LogP contribution in [0.15, 0.2) is 122 Å². The van der Waals surface area contributed by atoms with Crippen molar-refractivity contribution in [3.8, 4) is 22.5 Å². The van der Waals surface area contributed by atoms with Crippen molar-refractivity contribution in [3.05, 3.63) is 155 Å². The van der Waals surface area contributed by atoms with Crippen molar-refractivity contribution in [2.24, 2.45) is 0 Å². The summed E-state index contributed by atoms with van der Waals surface area (Å²) in [5.74, 6) is 0. The number of pyridine rings is 1. The molecule has 0 N–H and O–H groups in total. The average molecular weight is 1000 g/mol. The summed E-state index contributed by atoms with van der Waals surface area (Å²) in [5.41, 5.74) is 31.2. The molecule has 4 aliphatic heterocycles. The number of rotatable bonds is 3. The highest BCUT2D eigenvalue weighted by atomic mass is 15.1. The van der Waals surface area contributed by atoms with Gasteiger partial charge in [0.15, 0.2) is 0 Å². The Morgan fingerprint density at radius 1 is 0.338 bits per heavy atom. The van der Waals surface area contributed by atoms with Crippen molar-refractivity contribution >= 4 is 113 Å². The quantitative estimate of drug-likeness (QED) is 0.162. The number of benzene rings is 7. The summed E-state index contributed by atoms with van der Waals surface area (Å²) in [5, 5.41) is 5.49. The standard InChI is InChI=1S/C71H74B3N3/c1-66(2,3)40-21-25-46(26-22-40)72-52-34-42(68(7,8)9)30-48-50-32-44(70(13,14)15)36-54-62(50)76(60(48)52)64-57(72)56(39-20-19-29-75-38-39)58-65-59(64)74(54)55-37-45(71(16,17)18)33-51-49-31-43(69(10,11)12)35-53(61(49)77(65)63(51)55)73(58)47-27-23-41(24-28-47)67(4,5)6/h19-38H,1-18H3. The van der Waals surface area contributed by atoms with Gasteiger partial charge in [0.05, 0.1) is 0 Å². The van der Waals surface area contributed by atoms with Gasteiger partial charge in [-0.2, -0.15) is 0 Å². The molecule has 0 aliphatic carbocycles. The fourth-order valence-electron chi connectivity index (χ4n) is 14.5. The van der Waals surface area contributed by atoms with Crippen LogP contribution in [0.1, 0.15) is 158 Å². The van der Waals surface area contributed by atoms with Crippen LogP contribution in [-0.4, -0.2) is 34.3 Å². The summed E-state index contributed by atoms with van der Waals surface area (Å²) in [6, 6.07) is 45.2. The topological polar surface area (TPSA) is 22.8 Å². The third-order valence-corrected chi connectivity index (χ3v) is 18.8. The molecule has 4 aliphatic rings. The SMILES string of the molecule is CC(C)(C)c1ccc(B2c3c(-c4cccnc4)c4c5c6c3-n3c7c2cc(C(C)(C)C)cc7c2cc(C(C)(C)C)cc(c23)B6c2cc(C(C)(C)C)cc3c6cc(C(C)(C)C)cc(c6n-5c23)B4c2ccc(C(C)(C)C)cc2)cc1. The average Bonchev–Trinajstić information content (AvgIpc) is 3.11. The molecule has 14 rings (SSSR count). The van der Waals surface area contributed by atoms with E-state index in [2.05, 4.69) is 249 Å². The molecule has 7 heterocycles. The van der Waals surface area contributed by atoms with Gasteiger partial charge in [-0.25, -0.2) is 0 Å². The van der Waals surface area contributed by atoms with E-state index >= 15 is 0 Å². The highest BCUT2D eigenvalue weighted by Crippen LogP contribution is 2.46. The Labute approximate surface area is 459 Å². The van der Waals surface area contributed by atoms with Gasteiger partial charge in [-0.05, 0) is 146 Å². The van der Waals surface area contributed by atoms with E-state index in [4.69, 9.17) is 4.98 Å². The Kier molecular flexibility index (Phi) is 9.63. The smallest absolute Gasteiger partial charge is 0.252 e. The van der Waals surface area contributed by atoms with Gasteiger partial charge >= 0.3 is 0 Å². The maximum absolute atomic E-state index is 5.06. The molecule has 0 atom stereocenters. The van der Waals surface area contributed by atoms with Gasteiger partial charge in [0, 0.05) is 67.4 Å². The maximum Gasteiger partial charge on any atom is 0.252 e. The van der Waals surface area contributed by atoms with Gasteiger partial charge in [-0.1, -0.05) is 214 Å². The molecule has 0 spiro atoms. The van der Waals surface area contributed by atoms with E-state index in [1.807, 2.05) is 6.20 Å². The summed E-state index contributed by atoms with van der Waals surface area (Å²) in [4.78, 5) is 5.06. The van der Waals surface area contributed by atoms with Gasteiger partial charge < -0.3 is 9.13 Å². The van der Waals surface area contributed by atoms with Crippen LogP contribution in [0.5, 0.6) is 0 Å². The minimum atomic E-state index is -0.101. The van der Waals surface area contributed by atoms with Crippen LogP contribution >= 0.6 is 0 Å². The third kappa shape index (κ3) is 6.69. The number of hydrogen-bond donors (Lipinski definition) is 0. The zero-order valence-electron chi connectivity index (χ0n) is 49.1. The molecule has 0 fully saturated rings. The molecule has 0 unspecified atom stereocenters. The molecule has 7 aromatic carbocycles. The Bertz CT molecular complexity index is 3990. The first-order valence-electron chi connectivity index (χ1n) is 28.7. The van der Waals surface area contributed by atoms with E-state index in [0.717, 1.165) is 0 Å². The second-order valence-corrected chi connectivity index (χ2v) is 30.1. The van der Waals surface area contributed by atoms with Gasteiger partial charge in [0.1, 0.15) is 0 Å². The number of hydrogen-bond acceptors (Lipinski definition) is 1. The second kappa shape index (κ2) is 15.2. The molecule has 3 nitrogen and oxygen atoms in total. The molecule has 382 valence electrons. The monoisotopic (exact) mass is 1000 g/mol. The molecule has 0 radical (unpaired) electrons. The number of fused-ring (bicyclic) bond motifs is 4. The normalized spacial score (nSPS) is 14.8. The Hall–Kier alpha value is -6.52. The summed E-state index contributed by atoms with van der Waals surface area (Å²) in [7, 11) is 0. The molecular formula is C71H74B3N3. The van der Waals surface area contributed by atoms with Crippen molar-refractivity contribution in [3.63, 3.8) is 0 Å².